The molecule has 2 aromatic carbocycles. The van der Waals surface area contributed by atoms with E-state index in [4.69, 9.17) is 14.2 Å². The Hall–Kier alpha value is -2.73. The van der Waals surface area contributed by atoms with Crippen LogP contribution in [0.4, 0.5) is 11.4 Å². The number of carbonyl (C=O) groups is 1. The van der Waals surface area contributed by atoms with Crippen molar-refractivity contribution >= 4 is 17.3 Å². The number of unbranched alkanes of at least 4 members (excludes halogenated alkanes) is 1. The molecule has 0 saturated carbocycles. The van der Waals surface area contributed by atoms with Crippen molar-refractivity contribution in [1.82, 2.24) is 0 Å². The topological polar surface area (TPSA) is 68.8 Å². The lowest BCUT2D eigenvalue weighted by Gasteiger charge is -2.13. The Balaban J connectivity index is 1.81. The number of carbonyl (C=O) groups excluding carboxylic acids is 1. The Labute approximate surface area is 160 Å². The number of anilines is 2. The van der Waals surface area contributed by atoms with Gasteiger partial charge in [-0.3, -0.25) is 4.79 Å². The molecular formula is C21H28N2O4. The van der Waals surface area contributed by atoms with E-state index >= 15 is 0 Å². The highest BCUT2D eigenvalue weighted by molar-refractivity contribution is 5.94. The zero-order valence-corrected chi connectivity index (χ0v) is 16.0. The van der Waals surface area contributed by atoms with Crippen LogP contribution in [0.3, 0.4) is 0 Å². The van der Waals surface area contributed by atoms with Crippen LogP contribution in [0.1, 0.15) is 19.8 Å². The molecule has 2 aromatic rings. The number of benzene rings is 2. The number of para-hydroxylation sites is 2. The van der Waals surface area contributed by atoms with Gasteiger partial charge in [0.2, 0.25) is 5.91 Å². The first kappa shape index (κ1) is 20.6. The molecule has 0 fully saturated rings. The quantitative estimate of drug-likeness (QED) is 0.552. The number of ether oxygens (including phenoxy) is 3. The standard InChI is InChI=1S/C21H28N2O4/c1-3-4-13-27-20-8-6-5-7-19(20)22-16-21(24)23-17-9-11-18(12-10-17)26-15-14-25-2/h5-12,22H,3-4,13-16H2,1-2H3,(H,23,24). The molecule has 0 aliphatic rings. The normalized spacial score (nSPS) is 10.3. The van der Waals surface area contributed by atoms with Crippen LogP contribution in [0.2, 0.25) is 0 Å². The zero-order chi connectivity index (χ0) is 19.3. The molecule has 0 unspecified atom stereocenters. The molecule has 2 rings (SSSR count). The van der Waals surface area contributed by atoms with Gasteiger partial charge in [0.25, 0.3) is 0 Å². The van der Waals surface area contributed by atoms with E-state index in [9.17, 15) is 4.79 Å². The molecule has 0 heterocycles. The number of amides is 1. The van der Waals surface area contributed by atoms with Crippen molar-refractivity contribution < 1.29 is 19.0 Å². The van der Waals surface area contributed by atoms with Gasteiger partial charge < -0.3 is 24.8 Å². The summed E-state index contributed by atoms with van der Waals surface area (Å²) in [7, 11) is 1.63. The van der Waals surface area contributed by atoms with Crippen LogP contribution in [-0.4, -0.2) is 39.4 Å². The molecule has 0 aromatic heterocycles. The Kier molecular flexibility index (Phi) is 9.00. The minimum Gasteiger partial charge on any atom is -0.491 e. The average Bonchev–Trinajstić information content (AvgIpc) is 2.69. The molecule has 0 spiro atoms. The van der Waals surface area contributed by atoms with Gasteiger partial charge in [-0.25, -0.2) is 0 Å². The number of hydrogen-bond acceptors (Lipinski definition) is 5. The van der Waals surface area contributed by atoms with Crippen LogP contribution in [0.25, 0.3) is 0 Å². The highest BCUT2D eigenvalue weighted by Crippen LogP contribution is 2.23. The van der Waals surface area contributed by atoms with Gasteiger partial charge in [-0.05, 0) is 42.8 Å². The fraction of sp³-hybridized carbons (Fsp3) is 0.381. The van der Waals surface area contributed by atoms with Crippen LogP contribution in [0.5, 0.6) is 11.5 Å². The molecule has 2 N–H and O–H groups in total. The number of nitrogens with one attached hydrogen (secondary N) is 2. The van der Waals surface area contributed by atoms with Crippen LogP contribution < -0.4 is 20.1 Å². The van der Waals surface area contributed by atoms with Gasteiger partial charge in [-0.1, -0.05) is 25.5 Å². The second-order valence-corrected chi connectivity index (χ2v) is 5.97. The Bertz CT molecular complexity index is 689. The third-order valence-corrected chi connectivity index (χ3v) is 3.78. The first-order chi connectivity index (χ1) is 13.2. The van der Waals surface area contributed by atoms with Gasteiger partial charge >= 0.3 is 0 Å². The molecule has 0 aliphatic heterocycles. The predicted molar refractivity (Wildman–Crippen MR) is 108 cm³/mol. The molecule has 146 valence electrons. The third-order valence-electron chi connectivity index (χ3n) is 3.78. The summed E-state index contributed by atoms with van der Waals surface area (Å²) < 4.78 is 16.2. The minimum atomic E-state index is -0.133. The first-order valence-electron chi connectivity index (χ1n) is 9.20. The number of methoxy groups -OCH3 is 1. The summed E-state index contributed by atoms with van der Waals surface area (Å²) in [5, 5.41) is 5.99. The lowest BCUT2D eigenvalue weighted by molar-refractivity contribution is -0.114. The van der Waals surface area contributed by atoms with Crippen molar-refractivity contribution in [3.8, 4) is 11.5 Å². The van der Waals surface area contributed by atoms with E-state index in [-0.39, 0.29) is 12.5 Å². The van der Waals surface area contributed by atoms with E-state index in [1.54, 1.807) is 7.11 Å². The van der Waals surface area contributed by atoms with Crippen molar-refractivity contribution in [2.24, 2.45) is 0 Å². The summed E-state index contributed by atoms with van der Waals surface area (Å²) in [6.45, 7) is 3.97. The van der Waals surface area contributed by atoms with E-state index in [0.717, 1.165) is 30.0 Å². The molecule has 0 bridgehead atoms. The fourth-order valence-electron chi connectivity index (χ4n) is 2.32. The maximum Gasteiger partial charge on any atom is 0.243 e. The summed E-state index contributed by atoms with van der Waals surface area (Å²) >= 11 is 0. The van der Waals surface area contributed by atoms with E-state index in [0.29, 0.717) is 25.5 Å². The molecule has 1 amide bonds. The van der Waals surface area contributed by atoms with E-state index in [1.807, 2.05) is 48.5 Å². The van der Waals surface area contributed by atoms with Gasteiger partial charge in [-0.2, -0.15) is 0 Å². The summed E-state index contributed by atoms with van der Waals surface area (Å²) in [5.74, 6) is 1.36. The molecule has 0 radical (unpaired) electrons. The molecule has 6 nitrogen and oxygen atoms in total. The number of hydrogen-bond donors (Lipinski definition) is 2. The molecule has 27 heavy (non-hydrogen) atoms. The van der Waals surface area contributed by atoms with Gasteiger partial charge in [0.15, 0.2) is 0 Å². The summed E-state index contributed by atoms with van der Waals surface area (Å²) in [5.41, 5.74) is 1.53. The van der Waals surface area contributed by atoms with Crippen LogP contribution in [-0.2, 0) is 9.53 Å². The second kappa shape index (κ2) is 11.8. The highest BCUT2D eigenvalue weighted by Gasteiger charge is 2.06. The Morgan fingerprint density at radius 1 is 0.963 bits per heavy atom. The van der Waals surface area contributed by atoms with Crippen molar-refractivity contribution in [2.75, 3.05) is 44.1 Å². The van der Waals surface area contributed by atoms with Gasteiger partial charge in [0.05, 0.1) is 25.4 Å². The molecule has 6 heteroatoms. The van der Waals surface area contributed by atoms with Crippen LogP contribution in [0, 0.1) is 0 Å². The van der Waals surface area contributed by atoms with Crippen LogP contribution in [0.15, 0.2) is 48.5 Å². The summed E-state index contributed by atoms with van der Waals surface area (Å²) in [6.07, 6.45) is 2.08. The van der Waals surface area contributed by atoms with E-state index in [2.05, 4.69) is 17.6 Å². The number of rotatable bonds is 12. The molecular weight excluding hydrogens is 344 g/mol. The lowest BCUT2D eigenvalue weighted by atomic mass is 10.2. The van der Waals surface area contributed by atoms with Gasteiger partial charge in [0.1, 0.15) is 18.1 Å². The smallest absolute Gasteiger partial charge is 0.243 e. The minimum absolute atomic E-state index is 0.133. The van der Waals surface area contributed by atoms with Crippen molar-refractivity contribution in [3.63, 3.8) is 0 Å². The Morgan fingerprint density at radius 3 is 2.48 bits per heavy atom. The predicted octanol–water partition coefficient (Wildman–Crippen LogP) is 3.94. The maximum atomic E-state index is 12.2. The van der Waals surface area contributed by atoms with Crippen molar-refractivity contribution in [2.45, 2.75) is 19.8 Å². The largest absolute Gasteiger partial charge is 0.491 e. The highest BCUT2D eigenvalue weighted by atomic mass is 16.5. The van der Waals surface area contributed by atoms with E-state index < -0.39 is 0 Å². The van der Waals surface area contributed by atoms with Gasteiger partial charge in [0, 0.05) is 12.8 Å². The lowest BCUT2D eigenvalue weighted by Crippen LogP contribution is -2.22. The summed E-state index contributed by atoms with van der Waals surface area (Å²) in [6, 6.07) is 14.9. The third kappa shape index (κ3) is 7.58. The average molecular weight is 372 g/mol. The zero-order valence-electron chi connectivity index (χ0n) is 16.0. The van der Waals surface area contributed by atoms with Crippen molar-refractivity contribution in [1.29, 1.82) is 0 Å². The Morgan fingerprint density at radius 2 is 1.74 bits per heavy atom. The second-order valence-electron chi connectivity index (χ2n) is 5.97. The maximum absolute atomic E-state index is 12.2. The fourth-order valence-corrected chi connectivity index (χ4v) is 2.32. The van der Waals surface area contributed by atoms with Crippen LogP contribution >= 0.6 is 0 Å². The van der Waals surface area contributed by atoms with E-state index in [1.165, 1.54) is 0 Å². The molecule has 0 aliphatic carbocycles. The SMILES string of the molecule is CCCCOc1ccccc1NCC(=O)Nc1ccc(OCCOC)cc1. The van der Waals surface area contributed by atoms with Crippen molar-refractivity contribution in [3.05, 3.63) is 48.5 Å². The summed E-state index contributed by atoms with van der Waals surface area (Å²) in [4.78, 5) is 12.2. The molecule has 0 atom stereocenters. The molecule has 0 saturated heterocycles. The van der Waals surface area contributed by atoms with Gasteiger partial charge in [-0.15, -0.1) is 0 Å². The monoisotopic (exact) mass is 372 g/mol. The first-order valence-corrected chi connectivity index (χ1v) is 9.20.